The second kappa shape index (κ2) is 11.4. The Morgan fingerprint density at radius 2 is 1.61 bits per heavy atom. The van der Waals surface area contributed by atoms with Crippen molar-refractivity contribution in [3.05, 3.63) is 71.3 Å². The molecule has 1 unspecified atom stereocenters. The maximum atomic E-state index is 12.8. The third kappa shape index (κ3) is 5.87. The Bertz CT molecular complexity index is 1040. The number of nitrogens with zero attached hydrogens (tertiary/aromatic N) is 2. The van der Waals surface area contributed by atoms with Gasteiger partial charge in [0.15, 0.2) is 0 Å². The zero-order valence-corrected chi connectivity index (χ0v) is 19.4. The van der Waals surface area contributed by atoms with Gasteiger partial charge in [-0.05, 0) is 49.1 Å². The van der Waals surface area contributed by atoms with Crippen molar-refractivity contribution in [3.63, 3.8) is 0 Å². The molecule has 4 amide bonds. The summed E-state index contributed by atoms with van der Waals surface area (Å²) in [5.41, 5.74) is 4.16. The van der Waals surface area contributed by atoms with Crippen molar-refractivity contribution in [2.45, 2.75) is 25.8 Å². The molecule has 0 saturated carbocycles. The van der Waals surface area contributed by atoms with Crippen LogP contribution in [0.1, 0.15) is 50.8 Å². The molecule has 1 aliphatic rings. The van der Waals surface area contributed by atoms with Gasteiger partial charge in [0.25, 0.3) is 23.6 Å². The summed E-state index contributed by atoms with van der Waals surface area (Å²) < 4.78 is 0. The van der Waals surface area contributed by atoms with Gasteiger partial charge in [-0.3, -0.25) is 24.1 Å². The number of benzene rings is 2. The molecular formula is C24H26N4O4S. The highest BCUT2D eigenvalue weighted by atomic mass is 32.2. The first-order valence-electron chi connectivity index (χ1n) is 10.6. The van der Waals surface area contributed by atoms with E-state index in [9.17, 15) is 19.2 Å². The maximum absolute atomic E-state index is 12.8. The Kier molecular flexibility index (Phi) is 8.37. The lowest BCUT2D eigenvalue weighted by Crippen LogP contribution is -2.46. The first-order chi connectivity index (χ1) is 16.0. The summed E-state index contributed by atoms with van der Waals surface area (Å²) in [7, 11) is 0. The zero-order chi connectivity index (χ0) is 23.8. The van der Waals surface area contributed by atoms with Crippen molar-refractivity contribution in [2.24, 2.45) is 5.10 Å². The molecule has 0 fully saturated rings. The van der Waals surface area contributed by atoms with E-state index in [1.165, 1.54) is 0 Å². The molecule has 2 aromatic rings. The fourth-order valence-corrected chi connectivity index (χ4v) is 3.81. The fourth-order valence-electron chi connectivity index (χ4n) is 3.34. The van der Waals surface area contributed by atoms with Gasteiger partial charge in [0.1, 0.15) is 6.04 Å². The van der Waals surface area contributed by atoms with Crippen LogP contribution in [0.3, 0.4) is 0 Å². The molecule has 3 rings (SSSR count). The molecule has 2 aromatic carbocycles. The number of hydrogen-bond acceptors (Lipinski definition) is 6. The summed E-state index contributed by atoms with van der Waals surface area (Å²) in [6.07, 6.45) is 2.78. The smallest absolute Gasteiger partial charge is 0.262 e. The van der Waals surface area contributed by atoms with Crippen LogP contribution in [-0.2, 0) is 4.79 Å². The first kappa shape index (κ1) is 24.2. The van der Waals surface area contributed by atoms with Crippen molar-refractivity contribution in [1.29, 1.82) is 0 Å². The highest BCUT2D eigenvalue weighted by Crippen LogP contribution is 2.22. The van der Waals surface area contributed by atoms with E-state index in [1.807, 2.05) is 19.2 Å². The summed E-state index contributed by atoms with van der Waals surface area (Å²) in [6, 6.07) is 14.5. The van der Waals surface area contributed by atoms with Crippen molar-refractivity contribution in [2.75, 3.05) is 18.6 Å². The molecule has 2 N–H and O–H groups in total. The van der Waals surface area contributed by atoms with Gasteiger partial charge in [-0.2, -0.15) is 16.9 Å². The highest BCUT2D eigenvalue weighted by molar-refractivity contribution is 7.98. The Morgan fingerprint density at radius 1 is 1.00 bits per heavy atom. The SMILES string of the molecule is CC/C(CN1C(=O)c2ccccc2C1=O)=N/NC(=O)C(CCSC)NC(=O)c1ccccc1. The minimum absolute atomic E-state index is 0.0189. The number of imide groups is 1. The number of carbonyl (C=O) groups is 4. The van der Waals surface area contributed by atoms with Crippen LogP contribution in [0.15, 0.2) is 59.7 Å². The normalized spacial score (nSPS) is 14.1. The van der Waals surface area contributed by atoms with Crippen molar-refractivity contribution >= 4 is 41.1 Å². The van der Waals surface area contributed by atoms with Gasteiger partial charge in [-0.25, -0.2) is 5.43 Å². The first-order valence-corrected chi connectivity index (χ1v) is 12.0. The lowest BCUT2D eigenvalue weighted by Gasteiger charge is -2.18. The maximum Gasteiger partial charge on any atom is 0.262 e. The Balaban J connectivity index is 1.66. The molecule has 8 nitrogen and oxygen atoms in total. The lowest BCUT2D eigenvalue weighted by molar-refractivity contribution is -0.123. The minimum Gasteiger partial charge on any atom is -0.340 e. The molecule has 1 atom stereocenters. The number of hydrazone groups is 1. The van der Waals surface area contributed by atoms with E-state index in [2.05, 4.69) is 15.8 Å². The van der Waals surface area contributed by atoms with Gasteiger partial charge in [-0.1, -0.05) is 37.3 Å². The quantitative estimate of drug-likeness (QED) is 0.318. The van der Waals surface area contributed by atoms with Crippen LogP contribution in [0.5, 0.6) is 0 Å². The van der Waals surface area contributed by atoms with E-state index < -0.39 is 11.9 Å². The van der Waals surface area contributed by atoms with Crippen LogP contribution < -0.4 is 10.7 Å². The van der Waals surface area contributed by atoms with Crippen LogP contribution in [-0.4, -0.2) is 58.8 Å². The van der Waals surface area contributed by atoms with Crippen LogP contribution in [0.2, 0.25) is 0 Å². The van der Waals surface area contributed by atoms with Crippen molar-refractivity contribution in [3.8, 4) is 0 Å². The molecule has 9 heteroatoms. The molecule has 33 heavy (non-hydrogen) atoms. The minimum atomic E-state index is -0.772. The molecule has 0 spiro atoms. The predicted molar refractivity (Wildman–Crippen MR) is 128 cm³/mol. The van der Waals surface area contributed by atoms with Gasteiger partial charge in [0.2, 0.25) is 0 Å². The molecule has 0 saturated heterocycles. The molecule has 0 aromatic heterocycles. The molecule has 0 radical (unpaired) electrons. The highest BCUT2D eigenvalue weighted by Gasteiger charge is 2.35. The number of nitrogens with one attached hydrogen (secondary N) is 2. The largest absolute Gasteiger partial charge is 0.340 e. The number of amides is 4. The summed E-state index contributed by atoms with van der Waals surface area (Å²) in [5.74, 6) is -0.886. The average Bonchev–Trinajstić information content (AvgIpc) is 3.09. The van der Waals surface area contributed by atoms with E-state index in [0.29, 0.717) is 41.0 Å². The van der Waals surface area contributed by atoms with Crippen LogP contribution >= 0.6 is 11.8 Å². The van der Waals surface area contributed by atoms with Crippen LogP contribution in [0.25, 0.3) is 0 Å². The van der Waals surface area contributed by atoms with Gasteiger partial charge in [0.05, 0.1) is 23.4 Å². The van der Waals surface area contributed by atoms with E-state index in [-0.39, 0.29) is 24.3 Å². The number of rotatable bonds is 10. The number of carbonyl (C=O) groups excluding carboxylic acids is 4. The molecule has 1 aliphatic heterocycles. The summed E-state index contributed by atoms with van der Waals surface area (Å²) in [5, 5.41) is 6.92. The van der Waals surface area contributed by atoms with Gasteiger partial charge in [-0.15, -0.1) is 0 Å². The number of hydrogen-bond donors (Lipinski definition) is 2. The molecule has 0 aliphatic carbocycles. The Hall–Kier alpha value is -3.46. The lowest BCUT2D eigenvalue weighted by atomic mass is 10.1. The van der Waals surface area contributed by atoms with E-state index in [1.54, 1.807) is 60.3 Å². The van der Waals surface area contributed by atoms with Gasteiger partial charge < -0.3 is 5.32 Å². The third-order valence-corrected chi connectivity index (χ3v) is 5.86. The molecule has 0 bridgehead atoms. The zero-order valence-electron chi connectivity index (χ0n) is 18.5. The second-order valence-corrected chi connectivity index (χ2v) is 8.41. The number of thioether (sulfide) groups is 1. The van der Waals surface area contributed by atoms with E-state index >= 15 is 0 Å². The predicted octanol–water partition coefficient (Wildman–Crippen LogP) is 2.72. The molecule has 172 valence electrons. The third-order valence-electron chi connectivity index (χ3n) is 5.22. The number of fused-ring (bicyclic) bond motifs is 1. The van der Waals surface area contributed by atoms with Gasteiger partial charge >= 0.3 is 0 Å². The Morgan fingerprint density at radius 3 is 2.18 bits per heavy atom. The molecule has 1 heterocycles. The monoisotopic (exact) mass is 466 g/mol. The van der Waals surface area contributed by atoms with E-state index in [4.69, 9.17) is 0 Å². The topological polar surface area (TPSA) is 108 Å². The second-order valence-electron chi connectivity index (χ2n) is 7.42. The average molecular weight is 467 g/mol. The summed E-state index contributed by atoms with van der Waals surface area (Å²) in [4.78, 5) is 51.6. The van der Waals surface area contributed by atoms with E-state index in [0.717, 1.165) is 4.90 Å². The van der Waals surface area contributed by atoms with Gasteiger partial charge in [0, 0.05) is 5.56 Å². The van der Waals surface area contributed by atoms with Crippen LogP contribution in [0.4, 0.5) is 0 Å². The van der Waals surface area contributed by atoms with Crippen molar-refractivity contribution in [1.82, 2.24) is 15.6 Å². The standard InChI is InChI=1S/C24H26N4O4S/c1-3-17(15-28-23(31)18-11-7-8-12-19(18)24(28)32)26-27-22(30)20(13-14-33-2)25-21(29)16-9-5-4-6-10-16/h4-12,20H,3,13-15H2,1-2H3,(H,25,29)(H,27,30)/b26-17-. The fraction of sp³-hybridized carbons (Fsp3) is 0.292. The summed E-state index contributed by atoms with van der Waals surface area (Å²) >= 11 is 1.57. The van der Waals surface area contributed by atoms with Crippen LogP contribution in [0, 0.1) is 0 Å². The summed E-state index contributed by atoms with van der Waals surface area (Å²) in [6.45, 7) is 1.81. The van der Waals surface area contributed by atoms with Crippen molar-refractivity contribution < 1.29 is 19.2 Å². The molecular weight excluding hydrogens is 440 g/mol. The Labute approximate surface area is 196 Å².